The highest BCUT2D eigenvalue weighted by atomic mass is 32.1. The number of aliphatic hydroxyl groups is 1. The van der Waals surface area contributed by atoms with Gasteiger partial charge in [0.2, 0.25) is 0 Å². The standard InChI is InChI=1S/C45H90O5Si.CH2OS/c1-5-9-12-15-17-19-21-23-25-27-29-31-33-35-38-41-44(46)49-51(48-8-4,43-40-37-14-11-7-3)50-45(47)42-39-36-34-32-30-28-26-24-22-20-18-16-13-10-6-2;2-1-3/h5-43H2,1-4H3;1H,(H,2,3). The summed E-state index contributed by atoms with van der Waals surface area (Å²) in [5.41, 5.74) is 0.583. The topological polar surface area (TPSA) is 82.1 Å². The molecule has 0 aliphatic rings. The fourth-order valence-electron chi connectivity index (χ4n) is 7.15. The van der Waals surface area contributed by atoms with Crippen molar-refractivity contribution in [2.45, 2.75) is 271 Å². The summed E-state index contributed by atoms with van der Waals surface area (Å²) in [6.45, 7) is 9.06. The Balaban J connectivity index is 0. The first-order valence-electron chi connectivity index (χ1n) is 23.6. The third-order valence-electron chi connectivity index (χ3n) is 10.5. The third kappa shape index (κ3) is 42.2. The van der Waals surface area contributed by atoms with Crippen LogP contribution in [0.2, 0.25) is 6.04 Å². The predicted octanol–water partition coefficient (Wildman–Crippen LogP) is 16.0. The van der Waals surface area contributed by atoms with Crippen LogP contribution in [0.25, 0.3) is 0 Å². The summed E-state index contributed by atoms with van der Waals surface area (Å²) < 4.78 is 18.2. The third-order valence-corrected chi connectivity index (χ3v) is 13.2. The summed E-state index contributed by atoms with van der Waals surface area (Å²) in [7, 11) is -3.40. The summed E-state index contributed by atoms with van der Waals surface area (Å²) in [4.78, 5) is 26.1. The minimum Gasteiger partial charge on any atom is -0.504 e. The van der Waals surface area contributed by atoms with Gasteiger partial charge in [-0.15, -0.1) is 0 Å². The van der Waals surface area contributed by atoms with Gasteiger partial charge in [0.15, 0.2) is 0 Å². The second-order valence-electron chi connectivity index (χ2n) is 15.7. The molecular formula is C46H92O6SSi. The van der Waals surface area contributed by atoms with E-state index in [9.17, 15) is 9.59 Å². The lowest BCUT2D eigenvalue weighted by atomic mass is 10.0. The van der Waals surface area contributed by atoms with Gasteiger partial charge in [-0.3, -0.25) is 9.59 Å². The van der Waals surface area contributed by atoms with Crippen molar-refractivity contribution in [1.29, 1.82) is 0 Å². The maximum atomic E-state index is 13.0. The van der Waals surface area contributed by atoms with E-state index in [1.54, 1.807) is 0 Å². The van der Waals surface area contributed by atoms with Crippen LogP contribution in [0.4, 0.5) is 0 Å². The molecule has 0 atom stereocenters. The average molecular weight is 801 g/mol. The predicted molar refractivity (Wildman–Crippen MR) is 239 cm³/mol. The zero-order chi connectivity index (χ0) is 40.1. The molecule has 8 heteroatoms. The van der Waals surface area contributed by atoms with Crippen LogP contribution in [0, 0.1) is 0 Å². The van der Waals surface area contributed by atoms with E-state index in [-0.39, 0.29) is 11.9 Å². The van der Waals surface area contributed by atoms with Gasteiger partial charge in [-0.25, -0.2) is 0 Å². The highest BCUT2D eigenvalue weighted by molar-refractivity contribution is 7.78. The first-order chi connectivity index (χ1) is 26.4. The number of hydrogen-bond donors (Lipinski definition) is 1. The zero-order valence-corrected chi connectivity index (χ0v) is 38.4. The number of carbonyl (C=O) groups is 2. The Bertz CT molecular complexity index is 734. The minimum absolute atomic E-state index is 0.252. The van der Waals surface area contributed by atoms with Crippen LogP contribution < -0.4 is 0 Å². The normalized spacial score (nSPS) is 11.3. The van der Waals surface area contributed by atoms with E-state index in [2.05, 4.69) is 33.0 Å². The summed E-state index contributed by atoms with van der Waals surface area (Å²) in [5.74, 6) is -0.503. The number of rotatable bonds is 42. The van der Waals surface area contributed by atoms with Crippen molar-refractivity contribution in [1.82, 2.24) is 0 Å². The smallest absolute Gasteiger partial charge is 0.504 e. The monoisotopic (exact) mass is 801 g/mol. The Labute approximate surface area is 343 Å². The molecule has 0 rings (SSSR count). The Morgan fingerprint density at radius 2 is 0.648 bits per heavy atom. The molecule has 0 fully saturated rings. The van der Waals surface area contributed by atoms with Crippen LogP contribution in [-0.2, 0) is 22.9 Å². The van der Waals surface area contributed by atoms with E-state index in [1.807, 2.05) is 6.92 Å². The molecule has 0 radical (unpaired) electrons. The average Bonchev–Trinajstić information content (AvgIpc) is 3.15. The van der Waals surface area contributed by atoms with Crippen molar-refractivity contribution in [2.24, 2.45) is 0 Å². The Morgan fingerprint density at radius 1 is 0.426 bits per heavy atom. The molecule has 0 amide bonds. The van der Waals surface area contributed by atoms with Crippen LogP contribution in [0.3, 0.4) is 0 Å². The lowest BCUT2D eigenvalue weighted by molar-refractivity contribution is -0.146. The minimum atomic E-state index is -3.40. The van der Waals surface area contributed by atoms with Crippen molar-refractivity contribution in [3.8, 4) is 0 Å². The van der Waals surface area contributed by atoms with Gasteiger partial charge in [-0.05, 0) is 38.4 Å². The van der Waals surface area contributed by atoms with Gasteiger partial charge in [0.1, 0.15) is 5.55 Å². The number of carbonyl (C=O) groups excluding carboxylic acids is 2. The molecule has 0 bridgehead atoms. The quantitative estimate of drug-likeness (QED) is 0.0374. The molecule has 0 heterocycles. The lowest BCUT2D eigenvalue weighted by Gasteiger charge is -2.28. The molecule has 54 heavy (non-hydrogen) atoms. The van der Waals surface area contributed by atoms with Gasteiger partial charge < -0.3 is 18.4 Å². The summed E-state index contributed by atoms with van der Waals surface area (Å²) in [6, 6.07) is 0.541. The van der Waals surface area contributed by atoms with Crippen LogP contribution >= 0.6 is 12.2 Å². The van der Waals surface area contributed by atoms with E-state index in [4.69, 9.17) is 18.4 Å². The van der Waals surface area contributed by atoms with E-state index < -0.39 is 8.80 Å². The SMILES string of the molecule is CCCCCCCCCCCCCCCCCC(=O)O[Si](CCCCCCC)(OCC)OC(=O)CCCCCCCCCCCCCCCCC.OC=S. The number of hydrogen-bond acceptors (Lipinski definition) is 6. The Kier molecular flexibility index (Phi) is 47.3. The fraction of sp³-hybridized carbons (Fsp3) is 0.935. The van der Waals surface area contributed by atoms with E-state index in [0.29, 0.717) is 31.0 Å². The van der Waals surface area contributed by atoms with Gasteiger partial charge in [0.25, 0.3) is 11.9 Å². The van der Waals surface area contributed by atoms with Crippen LogP contribution in [0.5, 0.6) is 0 Å². The zero-order valence-electron chi connectivity index (χ0n) is 36.6. The summed E-state index contributed by atoms with van der Waals surface area (Å²) in [5, 5.41) is 7.26. The summed E-state index contributed by atoms with van der Waals surface area (Å²) in [6.07, 6.45) is 45.1. The molecular weight excluding hydrogens is 709 g/mol. The molecule has 0 saturated carbocycles. The number of aliphatic hydroxyl groups excluding tert-OH is 1. The van der Waals surface area contributed by atoms with Crippen molar-refractivity contribution < 1.29 is 28.0 Å². The molecule has 0 spiro atoms. The second kappa shape index (κ2) is 46.4. The Morgan fingerprint density at radius 3 is 0.889 bits per heavy atom. The van der Waals surface area contributed by atoms with Crippen LogP contribution in [0.1, 0.15) is 265 Å². The molecule has 6 nitrogen and oxygen atoms in total. The van der Waals surface area contributed by atoms with Crippen molar-refractivity contribution >= 4 is 38.5 Å². The molecule has 0 aliphatic heterocycles. The van der Waals surface area contributed by atoms with E-state index in [1.165, 1.54) is 180 Å². The highest BCUT2D eigenvalue weighted by Crippen LogP contribution is 2.24. The van der Waals surface area contributed by atoms with Gasteiger partial charge in [0, 0.05) is 25.5 Å². The molecule has 1 N–H and O–H groups in total. The highest BCUT2D eigenvalue weighted by Gasteiger charge is 2.48. The maximum Gasteiger partial charge on any atom is 0.636 e. The lowest BCUT2D eigenvalue weighted by Crippen LogP contribution is -2.49. The first-order valence-corrected chi connectivity index (χ1v) is 26.0. The van der Waals surface area contributed by atoms with Crippen molar-refractivity contribution in [2.75, 3.05) is 6.61 Å². The van der Waals surface area contributed by atoms with Gasteiger partial charge in [0.05, 0.1) is 0 Å². The second-order valence-corrected chi connectivity index (χ2v) is 18.5. The van der Waals surface area contributed by atoms with Crippen molar-refractivity contribution in [3.05, 3.63) is 0 Å². The van der Waals surface area contributed by atoms with Gasteiger partial charge in [-0.1, -0.05) is 226 Å². The molecule has 0 aromatic heterocycles. The molecule has 0 saturated heterocycles. The van der Waals surface area contributed by atoms with Gasteiger partial charge in [-0.2, -0.15) is 0 Å². The van der Waals surface area contributed by atoms with Crippen LogP contribution in [-0.4, -0.2) is 38.0 Å². The number of unbranched alkanes of at least 4 members (excludes halogenated alkanes) is 32. The number of thiocarbonyl (C=S) groups is 1. The first kappa shape index (κ1) is 55.1. The molecule has 322 valence electrons. The fourth-order valence-corrected chi connectivity index (χ4v) is 9.68. The molecule has 0 aromatic rings. The maximum absolute atomic E-state index is 13.0. The van der Waals surface area contributed by atoms with Crippen LogP contribution in [0.15, 0.2) is 0 Å². The van der Waals surface area contributed by atoms with E-state index >= 15 is 0 Å². The van der Waals surface area contributed by atoms with E-state index in [0.717, 1.165) is 44.9 Å². The molecule has 0 unspecified atom stereocenters. The summed E-state index contributed by atoms with van der Waals surface area (Å²) >= 11 is 3.82. The molecule has 0 aliphatic carbocycles. The Hall–Kier alpha value is -0.993. The largest absolute Gasteiger partial charge is 0.636 e. The van der Waals surface area contributed by atoms with Crippen molar-refractivity contribution in [3.63, 3.8) is 0 Å². The van der Waals surface area contributed by atoms with Gasteiger partial charge >= 0.3 is 8.80 Å². The molecule has 0 aromatic carbocycles.